The van der Waals surface area contributed by atoms with E-state index in [2.05, 4.69) is 20.7 Å². The highest BCUT2D eigenvalue weighted by molar-refractivity contribution is 6.42. The summed E-state index contributed by atoms with van der Waals surface area (Å²) >= 11 is 12.1. The smallest absolute Gasteiger partial charge is 0.342 e. The van der Waals surface area contributed by atoms with Gasteiger partial charge in [-0.05, 0) is 60.9 Å². The molecule has 0 atom stereocenters. The van der Waals surface area contributed by atoms with Gasteiger partial charge in [0.05, 0.1) is 27.0 Å². The predicted octanol–water partition coefficient (Wildman–Crippen LogP) is 6.63. The third kappa shape index (κ3) is 5.66. The van der Waals surface area contributed by atoms with Gasteiger partial charge in [0.25, 0.3) is 5.91 Å². The highest BCUT2D eigenvalue weighted by Crippen LogP contribution is 2.38. The Labute approximate surface area is 229 Å². The topological polar surface area (TPSA) is 109 Å². The summed E-state index contributed by atoms with van der Waals surface area (Å²) in [7, 11) is 0. The molecule has 10 heteroatoms. The molecule has 0 aliphatic heterocycles. The van der Waals surface area contributed by atoms with Gasteiger partial charge in [-0.1, -0.05) is 42.1 Å². The van der Waals surface area contributed by atoms with Crippen molar-refractivity contribution in [2.45, 2.75) is 38.1 Å². The summed E-state index contributed by atoms with van der Waals surface area (Å²) in [6.45, 7) is 0.256. The lowest BCUT2D eigenvalue weighted by Crippen LogP contribution is -2.30. The summed E-state index contributed by atoms with van der Waals surface area (Å²) in [5.41, 5.74) is 3.37. The van der Waals surface area contributed by atoms with Crippen LogP contribution in [0.25, 0.3) is 11.3 Å². The summed E-state index contributed by atoms with van der Waals surface area (Å²) in [6.07, 6.45) is 7.17. The van der Waals surface area contributed by atoms with E-state index in [9.17, 15) is 14.7 Å². The van der Waals surface area contributed by atoms with E-state index in [0.717, 1.165) is 36.9 Å². The average molecular weight is 550 g/mol. The molecule has 2 aromatic heterocycles. The van der Waals surface area contributed by atoms with Crippen molar-refractivity contribution in [3.05, 3.63) is 93.9 Å². The van der Waals surface area contributed by atoms with Crippen molar-refractivity contribution in [3.63, 3.8) is 0 Å². The number of rotatable bonds is 6. The number of phenols is 1. The van der Waals surface area contributed by atoms with E-state index < -0.39 is 0 Å². The number of halogens is 2. The number of carbonyl (C=O) groups excluding carboxylic acids is 2. The zero-order valence-electron chi connectivity index (χ0n) is 20.3. The highest BCUT2D eigenvalue weighted by Gasteiger charge is 2.26. The molecule has 4 aromatic rings. The first-order valence-corrected chi connectivity index (χ1v) is 13.0. The minimum absolute atomic E-state index is 0.0622. The zero-order chi connectivity index (χ0) is 26.6. The van der Waals surface area contributed by atoms with E-state index in [1.165, 1.54) is 16.9 Å². The monoisotopic (exact) mass is 549 g/mol. The van der Waals surface area contributed by atoms with Gasteiger partial charge in [-0.2, -0.15) is 9.78 Å². The van der Waals surface area contributed by atoms with Crippen molar-refractivity contribution in [2.75, 3.05) is 5.32 Å². The van der Waals surface area contributed by atoms with Crippen LogP contribution in [0.4, 0.5) is 10.5 Å². The molecule has 2 amide bonds. The first-order valence-electron chi connectivity index (χ1n) is 12.3. The molecule has 0 saturated heterocycles. The Kier molecular flexibility index (Phi) is 7.62. The fraction of sp³-hybridized carbons (Fsp3) is 0.214. The van der Waals surface area contributed by atoms with Crippen molar-refractivity contribution >= 4 is 40.8 Å². The predicted molar refractivity (Wildman–Crippen MR) is 147 cm³/mol. The SMILES string of the molecule is O=C(Nc1ccc(-c2cc(C3CCCC3)n(C(=O)NCc3ccc(Cl)c(Cl)c3)n2)c(O)c1)c1cccnc1. The molecule has 3 N–H and O–H groups in total. The van der Waals surface area contributed by atoms with Crippen molar-refractivity contribution in [1.29, 1.82) is 0 Å². The van der Waals surface area contributed by atoms with E-state index in [1.54, 1.807) is 48.7 Å². The second kappa shape index (κ2) is 11.2. The van der Waals surface area contributed by atoms with Gasteiger partial charge in [-0.3, -0.25) is 9.78 Å². The number of carbonyl (C=O) groups is 2. The standard InChI is InChI=1S/C28H25Cl2N5O3/c29-22-10-7-17(12-23(22)30)15-32-28(38)35-25(18-4-1-2-5-18)14-24(34-35)21-9-8-20(13-26(21)36)33-27(37)19-6-3-11-31-16-19/h3,6-14,16,18,36H,1-2,4-5,15H2,(H,32,38)(H,33,37). The molecule has 2 heterocycles. The van der Waals surface area contributed by atoms with Crippen LogP contribution in [0.15, 0.2) is 67.0 Å². The molecule has 1 aliphatic rings. The third-order valence-corrected chi connectivity index (χ3v) is 7.32. The molecule has 1 aliphatic carbocycles. The van der Waals surface area contributed by atoms with E-state index in [4.69, 9.17) is 23.2 Å². The maximum atomic E-state index is 13.2. The van der Waals surface area contributed by atoms with Crippen LogP contribution in [-0.4, -0.2) is 31.8 Å². The highest BCUT2D eigenvalue weighted by atomic mass is 35.5. The van der Waals surface area contributed by atoms with Gasteiger partial charge in [-0.15, -0.1) is 0 Å². The number of amides is 2. The molecular weight excluding hydrogens is 525 g/mol. The van der Waals surface area contributed by atoms with Crippen molar-refractivity contribution in [1.82, 2.24) is 20.1 Å². The molecule has 0 unspecified atom stereocenters. The molecule has 194 valence electrons. The second-order valence-electron chi connectivity index (χ2n) is 9.18. The maximum absolute atomic E-state index is 13.2. The summed E-state index contributed by atoms with van der Waals surface area (Å²) in [5.74, 6) is -0.198. The van der Waals surface area contributed by atoms with Crippen molar-refractivity contribution < 1.29 is 14.7 Å². The molecule has 8 nitrogen and oxygen atoms in total. The minimum Gasteiger partial charge on any atom is -0.507 e. The van der Waals surface area contributed by atoms with E-state index >= 15 is 0 Å². The van der Waals surface area contributed by atoms with E-state index in [0.29, 0.717) is 32.6 Å². The second-order valence-corrected chi connectivity index (χ2v) is 10.00. The lowest BCUT2D eigenvalue weighted by Gasteiger charge is -2.12. The van der Waals surface area contributed by atoms with Crippen LogP contribution in [0.1, 0.15) is 53.2 Å². The summed E-state index contributed by atoms with van der Waals surface area (Å²) in [5, 5.41) is 21.9. The van der Waals surface area contributed by atoms with Gasteiger partial charge in [0.1, 0.15) is 5.75 Å². The Morgan fingerprint density at radius 3 is 2.55 bits per heavy atom. The molecular formula is C28H25Cl2N5O3. The molecule has 2 aromatic carbocycles. The first-order chi connectivity index (χ1) is 18.4. The fourth-order valence-electron chi connectivity index (χ4n) is 4.63. The van der Waals surface area contributed by atoms with Crippen LogP contribution in [-0.2, 0) is 6.54 Å². The quantitative estimate of drug-likeness (QED) is 0.250. The van der Waals surface area contributed by atoms with Gasteiger partial charge in [0.15, 0.2) is 0 Å². The molecule has 0 radical (unpaired) electrons. The maximum Gasteiger partial charge on any atom is 0.342 e. The lowest BCUT2D eigenvalue weighted by molar-refractivity contribution is 0.102. The normalized spacial score (nSPS) is 13.4. The number of hydrogen-bond donors (Lipinski definition) is 3. The Balaban J connectivity index is 1.38. The Morgan fingerprint density at radius 1 is 1.03 bits per heavy atom. The van der Waals surface area contributed by atoms with Gasteiger partial charge >= 0.3 is 6.03 Å². The number of hydrogen-bond acceptors (Lipinski definition) is 5. The van der Waals surface area contributed by atoms with Gasteiger partial charge in [0, 0.05) is 42.2 Å². The molecule has 5 rings (SSSR count). The molecule has 0 bridgehead atoms. The molecule has 38 heavy (non-hydrogen) atoms. The number of pyridine rings is 1. The van der Waals surface area contributed by atoms with Crippen molar-refractivity contribution in [3.8, 4) is 17.0 Å². The largest absolute Gasteiger partial charge is 0.507 e. The van der Waals surface area contributed by atoms with Gasteiger partial charge < -0.3 is 15.7 Å². The lowest BCUT2D eigenvalue weighted by atomic mass is 10.0. The van der Waals surface area contributed by atoms with Crippen LogP contribution < -0.4 is 10.6 Å². The summed E-state index contributed by atoms with van der Waals surface area (Å²) in [6, 6.07) is 14.8. The Hall–Kier alpha value is -3.88. The molecule has 0 spiro atoms. The van der Waals surface area contributed by atoms with Gasteiger partial charge in [0.2, 0.25) is 0 Å². The first kappa shape index (κ1) is 25.8. The third-order valence-electron chi connectivity index (χ3n) is 6.59. The average Bonchev–Trinajstić information content (AvgIpc) is 3.60. The number of phenolic OH excluding ortho intramolecular Hbond substituents is 1. The fourth-order valence-corrected chi connectivity index (χ4v) is 4.95. The van der Waals surface area contributed by atoms with Crippen LogP contribution in [0, 0.1) is 0 Å². The minimum atomic E-state index is -0.371. The number of anilines is 1. The number of benzene rings is 2. The number of nitrogens with one attached hydrogen (secondary N) is 2. The zero-order valence-corrected chi connectivity index (χ0v) is 21.8. The number of aromatic nitrogens is 3. The molecule has 1 fully saturated rings. The van der Waals surface area contributed by atoms with Crippen LogP contribution in [0.2, 0.25) is 10.0 Å². The van der Waals surface area contributed by atoms with Crippen LogP contribution in [0.5, 0.6) is 5.75 Å². The summed E-state index contributed by atoms with van der Waals surface area (Å²) < 4.78 is 1.39. The van der Waals surface area contributed by atoms with E-state index in [-0.39, 0.29) is 30.2 Å². The van der Waals surface area contributed by atoms with Crippen LogP contribution in [0.3, 0.4) is 0 Å². The van der Waals surface area contributed by atoms with Crippen molar-refractivity contribution in [2.24, 2.45) is 0 Å². The molecule has 1 saturated carbocycles. The summed E-state index contributed by atoms with van der Waals surface area (Å²) in [4.78, 5) is 29.6. The van der Waals surface area contributed by atoms with E-state index in [1.807, 2.05) is 6.07 Å². The van der Waals surface area contributed by atoms with Crippen LogP contribution >= 0.6 is 23.2 Å². The van der Waals surface area contributed by atoms with Gasteiger partial charge in [-0.25, -0.2) is 4.79 Å². The number of nitrogens with zero attached hydrogens (tertiary/aromatic N) is 3. The Morgan fingerprint density at radius 2 is 1.84 bits per heavy atom. The Bertz CT molecular complexity index is 1480. The number of aromatic hydroxyl groups is 1.